The summed E-state index contributed by atoms with van der Waals surface area (Å²) >= 11 is 0. The highest BCUT2D eigenvalue weighted by molar-refractivity contribution is 5.34. The fourth-order valence-corrected chi connectivity index (χ4v) is 1.76. The van der Waals surface area contributed by atoms with Crippen LogP contribution in [0.3, 0.4) is 0 Å². The molecule has 0 aliphatic heterocycles. The number of nitrogens with two attached hydrogens (primary N) is 1. The van der Waals surface area contributed by atoms with Gasteiger partial charge in [0, 0.05) is 12.3 Å². The van der Waals surface area contributed by atoms with E-state index in [-0.39, 0.29) is 11.6 Å². The van der Waals surface area contributed by atoms with Crippen LogP contribution in [0.4, 0.5) is 0 Å². The standard InChI is InChI=1S/C13H14N2O/c1-9-7-12(16)15-8-11(9)13(14)10-5-3-2-4-6-10/h2-8,13H,14H2,1H3,(H,15,16)/t13-/m1/s1. The second-order valence-electron chi connectivity index (χ2n) is 3.82. The molecular weight excluding hydrogens is 200 g/mol. The molecule has 0 aliphatic carbocycles. The second kappa shape index (κ2) is 4.33. The van der Waals surface area contributed by atoms with Crippen LogP contribution >= 0.6 is 0 Å². The molecule has 0 amide bonds. The summed E-state index contributed by atoms with van der Waals surface area (Å²) in [6.45, 7) is 1.90. The van der Waals surface area contributed by atoms with E-state index in [9.17, 15) is 4.79 Å². The van der Waals surface area contributed by atoms with E-state index in [0.717, 1.165) is 16.7 Å². The summed E-state index contributed by atoms with van der Waals surface area (Å²) in [4.78, 5) is 13.8. The summed E-state index contributed by atoms with van der Waals surface area (Å²) in [6.07, 6.45) is 1.69. The van der Waals surface area contributed by atoms with Crippen molar-refractivity contribution in [2.75, 3.05) is 0 Å². The summed E-state index contributed by atoms with van der Waals surface area (Å²) < 4.78 is 0. The molecule has 0 unspecified atom stereocenters. The van der Waals surface area contributed by atoms with E-state index in [1.165, 1.54) is 0 Å². The normalized spacial score (nSPS) is 12.4. The molecule has 0 radical (unpaired) electrons. The molecule has 3 N–H and O–H groups in total. The fraction of sp³-hybridized carbons (Fsp3) is 0.154. The average Bonchev–Trinajstić information content (AvgIpc) is 2.29. The minimum atomic E-state index is -0.196. The van der Waals surface area contributed by atoms with Crippen LogP contribution in [0.25, 0.3) is 0 Å². The van der Waals surface area contributed by atoms with E-state index >= 15 is 0 Å². The number of H-pyrrole nitrogens is 1. The zero-order chi connectivity index (χ0) is 11.5. The van der Waals surface area contributed by atoms with Gasteiger partial charge < -0.3 is 10.7 Å². The smallest absolute Gasteiger partial charge is 0.248 e. The van der Waals surface area contributed by atoms with Crippen molar-refractivity contribution in [3.05, 3.63) is 69.6 Å². The molecule has 1 atom stereocenters. The summed E-state index contributed by atoms with van der Waals surface area (Å²) in [5.41, 5.74) is 8.96. The highest BCUT2D eigenvalue weighted by Gasteiger charge is 2.10. The van der Waals surface area contributed by atoms with E-state index in [1.54, 1.807) is 12.3 Å². The van der Waals surface area contributed by atoms with Gasteiger partial charge in [-0.1, -0.05) is 30.3 Å². The molecule has 0 spiro atoms. The zero-order valence-electron chi connectivity index (χ0n) is 9.10. The quantitative estimate of drug-likeness (QED) is 0.799. The van der Waals surface area contributed by atoms with Crippen molar-refractivity contribution >= 4 is 0 Å². The first-order valence-corrected chi connectivity index (χ1v) is 5.18. The number of hydrogen-bond acceptors (Lipinski definition) is 2. The predicted octanol–water partition coefficient (Wildman–Crippen LogP) is 1.73. The maximum Gasteiger partial charge on any atom is 0.248 e. The largest absolute Gasteiger partial charge is 0.329 e. The van der Waals surface area contributed by atoms with Gasteiger partial charge in [-0.25, -0.2) is 0 Å². The van der Waals surface area contributed by atoms with E-state index < -0.39 is 0 Å². The van der Waals surface area contributed by atoms with Crippen LogP contribution in [0.15, 0.2) is 47.4 Å². The van der Waals surface area contributed by atoms with Crippen molar-refractivity contribution in [3.63, 3.8) is 0 Å². The lowest BCUT2D eigenvalue weighted by molar-refractivity contribution is 0.850. The molecule has 1 aromatic heterocycles. The van der Waals surface area contributed by atoms with Gasteiger partial charge in [0.1, 0.15) is 0 Å². The van der Waals surface area contributed by atoms with Gasteiger partial charge >= 0.3 is 0 Å². The van der Waals surface area contributed by atoms with E-state index in [2.05, 4.69) is 4.98 Å². The van der Waals surface area contributed by atoms with Crippen molar-refractivity contribution in [2.45, 2.75) is 13.0 Å². The Hall–Kier alpha value is -1.87. The average molecular weight is 214 g/mol. The third-order valence-electron chi connectivity index (χ3n) is 2.67. The summed E-state index contributed by atoms with van der Waals surface area (Å²) in [5, 5.41) is 0. The van der Waals surface area contributed by atoms with Crippen LogP contribution in [0.2, 0.25) is 0 Å². The Balaban J connectivity index is 2.42. The third kappa shape index (κ3) is 2.04. The second-order valence-corrected chi connectivity index (χ2v) is 3.82. The van der Waals surface area contributed by atoms with Gasteiger partial charge in [-0.3, -0.25) is 4.79 Å². The van der Waals surface area contributed by atoms with Crippen LogP contribution in [0.1, 0.15) is 22.7 Å². The first kappa shape index (κ1) is 10.6. The highest BCUT2D eigenvalue weighted by Crippen LogP contribution is 2.20. The van der Waals surface area contributed by atoms with Crippen molar-refractivity contribution < 1.29 is 0 Å². The Labute approximate surface area is 93.9 Å². The van der Waals surface area contributed by atoms with Gasteiger partial charge in [0.2, 0.25) is 5.56 Å². The van der Waals surface area contributed by atoms with Gasteiger partial charge in [0.15, 0.2) is 0 Å². The predicted molar refractivity (Wildman–Crippen MR) is 64.3 cm³/mol. The number of nitrogens with one attached hydrogen (secondary N) is 1. The minimum Gasteiger partial charge on any atom is -0.329 e. The molecule has 0 saturated carbocycles. The number of pyridine rings is 1. The molecule has 82 valence electrons. The molecule has 0 bridgehead atoms. The van der Waals surface area contributed by atoms with E-state index in [4.69, 9.17) is 5.73 Å². The molecule has 2 aromatic rings. The lowest BCUT2D eigenvalue weighted by Crippen LogP contribution is -2.16. The summed E-state index contributed by atoms with van der Waals surface area (Å²) in [5.74, 6) is 0. The Bertz CT molecular complexity index is 531. The first-order valence-electron chi connectivity index (χ1n) is 5.18. The molecule has 3 nitrogen and oxygen atoms in total. The Kier molecular flexibility index (Phi) is 2.88. The number of rotatable bonds is 2. The van der Waals surface area contributed by atoms with Crippen LogP contribution in [0.5, 0.6) is 0 Å². The minimum absolute atomic E-state index is 0.0958. The van der Waals surface area contributed by atoms with Crippen LogP contribution in [-0.4, -0.2) is 4.98 Å². The van der Waals surface area contributed by atoms with Gasteiger partial charge in [0.25, 0.3) is 0 Å². The molecule has 1 aromatic carbocycles. The van der Waals surface area contributed by atoms with Crippen LogP contribution in [-0.2, 0) is 0 Å². The van der Waals surface area contributed by atoms with Crippen molar-refractivity contribution in [3.8, 4) is 0 Å². The summed E-state index contributed by atoms with van der Waals surface area (Å²) in [6, 6.07) is 11.2. The number of hydrogen-bond donors (Lipinski definition) is 2. The topological polar surface area (TPSA) is 58.9 Å². The number of benzene rings is 1. The Morgan fingerprint density at radius 2 is 1.94 bits per heavy atom. The molecule has 0 saturated heterocycles. The monoisotopic (exact) mass is 214 g/mol. The number of aryl methyl sites for hydroxylation is 1. The summed E-state index contributed by atoms with van der Waals surface area (Å²) in [7, 11) is 0. The van der Waals surface area contributed by atoms with Crippen molar-refractivity contribution in [1.29, 1.82) is 0 Å². The molecular formula is C13H14N2O. The van der Waals surface area contributed by atoms with Crippen LogP contribution in [0, 0.1) is 6.92 Å². The lowest BCUT2D eigenvalue weighted by atomic mass is 9.98. The molecule has 0 fully saturated rings. The molecule has 2 rings (SSSR count). The Morgan fingerprint density at radius 3 is 2.56 bits per heavy atom. The molecule has 16 heavy (non-hydrogen) atoms. The SMILES string of the molecule is Cc1cc(=O)[nH]cc1[C@H](N)c1ccccc1. The molecule has 1 heterocycles. The third-order valence-corrected chi connectivity index (χ3v) is 2.67. The first-order chi connectivity index (χ1) is 7.68. The van der Waals surface area contributed by atoms with Gasteiger partial charge in [-0.2, -0.15) is 0 Å². The fourth-order valence-electron chi connectivity index (χ4n) is 1.76. The number of aromatic amines is 1. The maximum atomic E-state index is 11.1. The molecule has 3 heteroatoms. The van der Waals surface area contributed by atoms with Crippen LogP contribution < -0.4 is 11.3 Å². The maximum absolute atomic E-state index is 11.1. The van der Waals surface area contributed by atoms with Gasteiger partial charge in [-0.05, 0) is 23.6 Å². The van der Waals surface area contributed by atoms with Gasteiger partial charge in [-0.15, -0.1) is 0 Å². The van der Waals surface area contributed by atoms with Crippen molar-refractivity contribution in [1.82, 2.24) is 4.98 Å². The Morgan fingerprint density at radius 1 is 1.25 bits per heavy atom. The lowest BCUT2D eigenvalue weighted by Gasteiger charge is -2.14. The van der Waals surface area contributed by atoms with Crippen molar-refractivity contribution in [2.24, 2.45) is 5.73 Å². The number of aromatic nitrogens is 1. The van der Waals surface area contributed by atoms with E-state index in [0.29, 0.717) is 0 Å². The molecule has 0 aliphatic rings. The van der Waals surface area contributed by atoms with Gasteiger partial charge in [0.05, 0.1) is 6.04 Å². The highest BCUT2D eigenvalue weighted by atomic mass is 16.1. The zero-order valence-corrected chi connectivity index (χ0v) is 9.10. The van der Waals surface area contributed by atoms with E-state index in [1.807, 2.05) is 37.3 Å².